The molecule has 0 aromatic heterocycles. The van der Waals surface area contributed by atoms with E-state index in [2.05, 4.69) is 39.8 Å². The van der Waals surface area contributed by atoms with Crippen LogP contribution in [0.25, 0.3) is 0 Å². The molecule has 0 spiro atoms. The molecule has 0 aliphatic carbocycles. The number of ether oxygens (including phenoxy) is 1. The van der Waals surface area contributed by atoms with Gasteiger partial charge in [-0.15, -0.1) is 0 Å². The first kappa shape index (κ1) is 17.4. The van der Waals surface area contributed by atoms with E-state index in [4.69, 9.17) is 4.74 Å². The van der Waals surface area contributed by atoms with Gasteiger partial charge in [0.25, 0.3) is 0 Å². The summed E-state index contributed by atoms with van der Waals surface area (Å²) in [6.07, 6.45) is 13.4. The van der Waals surface area contributed by atoms with Crippen molar-refractivity contribution in [2.24, 2.45) is 0 Å². The van der Waals surface area contributed by atoms with Gasteiger partial charge in [-0.3, -0.25) is 0 Å². The van der Waals surface area contributed by atoms with Crippen molar-refractivity contribution in [2.75, 3.05) is 13.2 Å². The van der Waals surface area contributed by atoms with Crippen molar-refractivity contribution in [3.63, 3.8) is 0 Å². The summed E-state index contributed by atoms with van der Waals surface area (Å²) in [5.74, 6) is 0. The second kappa shape index (κ2) is 12.9. The Labute approximate surface area is 114 Å². The molecule has 0 bridgehead atoms. The van der Waals surface area contributed by atoms with Crippen molar-refractivity contribution in [1.82, 2.24) is 0 Å². The molecule has 1 heteroatoms. The second-order valence-electron chi connectivity index (χ2n) is 5.36. The fourth-order valence-electron chi connectivity index (χ4n) is 1.78. The van der Waals surface area contributed by atoms with Gasteiger partial charge in [0.1, 0.15) is 0 Å². The largest absolute Gasteiger partial charge is 0.377 e. The van der Waals surface area contributed by atoms with Crippen LogP contribution in [0, 0.1) is 0 Å². The van der Waals surface area contributed by atoms with Crippen molar-refractivity contribution >= 4 is 0 Å². The highest BCUT2D eigenvalue weighted by Crippen LogP contribution is 2.07. The Morgan fingerprint density at radius 1 is 0.944 bits per heavy atom. The molecule has 0 aliphatic heterocycles. The van der Waals surface area contributed by atoms with Crippen LogP contribution in [0.3, 0.4) is 0 Å². The summed E-state index contributed by atoms with van der Waals surface area (Å²) in [5.41, 5.74) is 2.85. The van der Waals surface area contributed by atoms with E-state index < -0.39 is 0 Å². The van der Waals surface area contributed by atoms with E-state index >= 15 is 0 Å². The zero-order chi connectivity index (χ0) is 13.6. The third kappa shape index (κ3) is 13.5. The van der Waals surface area contributed by atoms with Gasteiger partial charge < -0.3 is 4.74 Å². The molecule has 0 saturated carbocycles. The van der Waals surface area contributed by atoms with E-state index in [0.717, 1.165) is 26.1 Å². The van der Waals surface area contributed by atoms with E-state index in [9.17, 15) is 0 Å². The highest BCUT2D eigenvalue weighted by atomic mass is 16.5. The highest BCUT2D eigenvalue weighted by Gasteiger charge is 1.91. The van der Waals surface area contributed by atoms with Crippen LogP contribution >= 0.6 is 0 Å². The van der Waals surface area contributed by atoms with E-state index in [-0.39, 0.29) is 0 Å². The third-order valence-electron chi connectivity index (χ3n) is 3.03. The van der Waals surface area contributed by atoms with Gasteiger partial charge in [0.05, 0.1) is 6.61 Å². The Kier molecular flexibility index (Phi) is 12.5. The molecular formula is C17H32O. The second-order valence-corrected chi connectivity index (χ2v) is 5.36. The molecule has 0 aliphatic rings. The molecular weight excluding hydrogens is 220 g/mol. The van der Waals surface area contributed by atoms with Crippen LogP contribution in [0.15, 0.2) is 23.3 Å². The Bertz CT molecular complexity index is 234. The zero-order valence-corrected chi connectivity index (χ0v) is 12.9. The first-order valence-electron chi connectivity index (χ1n) is 7.53. The fraction of sp³-hybridized carbons (Fsp3) is 0.765. The Hall–Kier alpha value is -0.560. The molecule has 0 rings (SSSR count). The van der Waals surface area contributed by atoms with Gasteiger partial charge in [-0.2, -0.15) is 0 Å². The highest BCUT2D eigenvalue weighted by molar-refractivity contribution is 5.02. The van der Waals surface area contributed by atoms with Crippen LogP contribution in [0.1, 0.15) is 72.6 Å². The summed E-state index contributed by atoms with van der Waals surface area (Å²) in [6, 6.07) is 0. The first-order valence-corrected chi connectivity index (χ1v) is 7.53. The number of hydrogen-bond acceptors (Lipinski definition) is 1. The maximum atomic E-state index is 5.62. The van der Waals surface area contributed by atoms with E-state index in [1.807, 2.05) is 0 Å². The average molecular weight is 252 g/mol. The summed E-state index contributed by atoms with van der Waals surface area (Å²) < 4.78 is 5.62. The average Bonchev–Trinajstić information content (AvgIpc) is 2.32. The molecule has 0 saturated heterocycles. The lowest BCUT2D eigenvalue weighted by Crippen LogP contribution is -1.95. The number of rotatable bonds is 11. The maximum absolute atomic E-state index is 5.62. The summed E-state index contributed by atoms with van der Waals surface area (Å²) >= 11 is 0. The molecule has 0 radical (unpaired) electrons. The van der Waals surface area contributed by atoms with Crippen LogP contribution in [-0.4, -0.2) is 13.2 Å². The summed E-state index contributed by atoms with van der Waals surface area (Å²) in [7, 11) is 0. The smallest absolute Gasteiger partial charge is 0.0649 e. The summed E-state index contributed by atoms with van der Waals surface area (Å²) in [4.78, 5) is 0. The van der Waals surface area contributed by atoms with Crippen molar-refractivity contribution in [2.45, 2.75) is 72.6 Å². The Morgan fingerprint density at radius 3 is 2.33 bits per heavy atom. The van der Waals surface area contributed by atoms with Gasteiger partial charge in [0.15, 0.2) is 0 Å². The molecule has 1 nitrogen and oxygen atoms in total. The van der Waals surface area contributed by atoms with Crippen LogP contribution in [-0.2, 0) is 4.74 Å². The van der Waals surface area contributed by atoms with Gasteiger partial charge in [-0.25, -0.2) is 0 Å². The van der Waals surface area contributed by atoms with Crippen molar-refractivity contribution in [3.8, 4) is 0 Å². The first-order chi connectivity index (χ1) is 8.66. The Balaban J connectivity index is 3.37. The van der Waals surface area contributed by atoms with Crippen molar-refractivity contribution < 1.29 is 4.74 Å². The standard InChI is InChI=1S/C17H32O/c1-5-6-7-8-9-14-18-15-13-17(4)12-10-11-16(2)3/h11,13H,5-10,12,14-15H2,1-4H3/b17-13+. The van der Waals surface area contributed by atoms with Gasteiger partial charge in [0.2, 0.25) is 0 Å². The minimum Gasteiger partial charge on any atom is -0.377 e. The molecule has 0 fully saturated rings. The Morgan fingerprint density at radius 2 is 1.67 bits per heavy atom. The molecule has 0 aromatic rings. The summed E-state index contributed by atoms with van der Waals surface area (Å²) in [6.45, 7) is 10.5. The lowest BCUT2D eigenvalue weighted by molar-refractivity contribution is 0.156. The lowest BCUT2D eigenvalue weighted by atomic mass is 10.1. The van der Waals surface area contributed by atoms with Crippen molar-refractivity contribution in [1.29, 1.82) is 0 Å². The molecule has 0 heterocycles. The van der Waals surface area contributed by atoms with E-state index in [1.165, 1.54) is 43.3 Å². The number of hydrogen-bond donors (Lipinski definition) is 0. The monoisotopic (exact) mass is 252 g/mol. The van der Waals surface area contributed by atoms with Crippen LogP contribution in [0.5, 0.6) is 0 Å². The molecule has 106 valence electrons. The molecule has 0 N–H and O–H groups in total. The van der Waals surface area contributed by atoms with Crippen LogP contribution in [0.4, 0.5) is 0 Å². The minimum absolute atomic E-state index is 0.786. The van der Waals surface area contributed by atoms with Gasteiger partial charge in [-0.05, 0) is 40.0 Å². The zero-order valence-electron chi connectivity index (χ0n) is 12.9. The predicted octanol–water partition coefficient (Wildman–Crippen LogP) is 5.67. The minimum atomic E-state index is 0.786. The predicted molar refractivity (Wildman–Crippen MR) is 82.0 cm³/mol. The van der Waals surface area contributed by atoms with E-state index in [0.29, 0.717) is 0 Å². The SMILES string of the molecule is CCCCCCCOC/C=C(\C)CCC=C(C)C. The lowest BCUT2D eigenvalue weighted by Gasteiger charge is -2.03. The van der Waals surface area contributed by atoms with Gasteiger partial charge in [0, 0.05) is 6.61 Å². The topological polar surface area (TPSA) is 9.23 Å². The van der Waals surface area contributed by atoms with Crippen LogP contribution < -0.4 is 0 Å². The van der Waals surface area contributed by atoms with Crippen molar-refractivity contribution in [3.05, 3.63) is 23.3 Å². The molecule has 0 unspecified atom stereocenters. The molecule has 0 atom stereocenters. The fourth-order valence-corrected chi connectivity index (χ4v) is 1.78. The molecule has 0 amide bonds. The van der Waals surface area contributed by atoms with Crippen LogP contribution in [0.2, 0.25) is 0 Å². The third-order valence-corrected chi connectivity index (χ3v) is 3.03. The van der Waals surface area contributed by atoms with E-state index in [1.54, 1.807) is 0 Å². The van der Waals surface area contributed by atoms with Gasteiger partial charge >= 0.3 is 0 Å². The molecule has 18 heavy (non-hydrogen) atoms. The van der Waals surface area contributed by atoms with Gasteiger partial charge in [-0.1, -0.05) is 55.9 Å². The summed E-state index contributed by atoms with van der Waals surface area (Å²) in [5, 5.41) is 0. The quantitative estimate of drug-likeness (QED) is 0.340. The number of allylic oxidation sites excluding steroid dienone is 3. The molecule has 0 aromatic carbocycles. The number of unbranched alkanes of at least 4 members (excludes halogenated alkanes) is 4. The normalized spacial score (nSPS) is 11.7. The maximum Gasteiger partial charge on any atom is 0.0649 e.